The van der Waals surface area contributed by atoms with Gasteiger partial charge in [0.15, 0.2) is 5.82 Å². The number of piperazine rings is 1. The number of nitrogens with zero attached hydrogens (tertiary/aromatic N) is 9. The van der Waals surface area contributed by atoms with Crippen LogP contribution >= 0.6 is 0 Å². The van der Waals surface area contributed by atoms with Gasteiger partial charge in [0.05, 0.1) is 22.8 Å². The first-order valence-corrected chi connectivity index (χ1v) is 12.9. The van der Waals surface area contributed by atoms with Gasteiger partial charge >= 0.3 is 0 Å². The molecular formula is C28H32FN9O. The van der Waals surface area contributed by atoms with Crippen molar-refractivity contribution in [2.75, 3.05) is 18.0 Å². The lowest BCUT2D eigenvalue weighted by molar-refractivity contribution is 0.119. The van der Waals surface area contributed by atoms with Crippen LogP contribution in [0, 0.1) is 12.4 Å². The minimum absolute atomic E-state index is 0.00419. The van der Waals surface area contributed by atoms with Crippen molar-refractivity contribution in [3.8, 4) is 0 Å². The van der Waals surface area contributed by atoms with Gasteiger partial charge in [-0.3, -0.25) is 9.69 Å². The Labute approximate surface area is 226 Å². The lowest BCUT2D eigenvalue weighted by Crippen LogP contribution is -2.58. The first-order valence-electron chi connectivity index (χ1n) is 12.9. The zero-order chi connectivity index (χ0) is 28.1. The standard InChI is InChI=1S/C28H32FN9O/c1-17-16-37(26(19-8-10-20(29)11-9-19)27-32-33-34-38(27)28(3,4)5)18(2)15-36(17)22-14-24(39)35(7)21-12-13-23(30-6)31-25(21)22/h8-14,17-18,26H,15-16H2,1-5,7H3/t17-,18+,26?/m0/s1. The number of anilines is 1. The highest BCUT2D eigenvalue weighted by Crippen LogP contribution is 2.36. The van der Waals surface area contributed by atoms with Gasteiger partial charge in [0.2, 0.25) is 5.52 Å². The minimum Gasteiger partial charge on any atom is -0.362 e. The maximum Gasteiger partial charge on any atom is 0.270 e. The second-order valence-corrected chi connectivity index (χ2v) is 11.2. The summed E-state index contributed by atoms with van der Waals surface area (Å²) in [6, 6.07) is 11.2. The largest absolute Gasteiger partial charge is 0.362 e. The molecule has 1 fully saturated rings. The number of hydrogen-bond donors (Lipinski definition) is 0. The molecule has 1 aliphatic heterocycles. The molecular weight excluding hydrogens is 497 g/mol. The zero-order valence-electron chi connectivity index (χ0n) is 23.0. The van der Waals surface area contributed by atoms with E-state index in [1.54, 1.807) is 41.9 Å². The monoisotopic (exact) mass is 529 g/mol. The van der Waals surface area contributed by atoms with Crippen LogP contribution < -0.4 is 10.5 Å². The van der Waals surface area contributed by atoms with Crippen molar-refractivity contribution < 1.29 is 4.39 Å². The van der Waals surface area contributed by atoms with Crippen LogP contribution in [0.4, 0.5) is 15.9 Å². The maximum absolute atomic E-state index is 13.9. The van der Waals surface area contributed by atoms with Crippen LogP contribution in [0.5, 0.6) is 0 Å². The molecule has 10 nitrogen and oxygen atoms in total. The molecule has 5 rings (SSSR count). The minimum atomic E-state index is -0.358. The highest BCUT2D eigenvalue weighted by Gasteiger charge is 2.39. The number of tetrazole rings is 1. The van der Waals surface area contributed by atoms with E-state index in [1.807, 2.05) is 25.5 Å². The average molecular weight is 530 g/mol. The molecule has 1 aromatic carbocycles. The third-order valence-corrected chi connectivity index (χ3v) is 7.40. The van der Waals surface area contributed by atoms with Crippen molar-refractivity contribution in [1.29, 1.82) is 0 Å². The molecule has 0 saturated carbocycles. The number of pyridine rings is 2. The molecule has 202 valence electrons. The predicted octanol–water partition coefficient (Wildman–Crippen LogP) is 4.05. The molecule has 0 N–H and O–H groups in total. The third kappa shape index (κ3) is 4.76. The topological polar surface area (TPSA) is 89.3 Å². The van der Waals surface area contributed by atoms with Crippen molar-refractivity contribution in [2.24, 2.45) is 7.05 Å². The Balaban J connectivity index is 1.58. The maximum atomic E-state index is 13.9. The summed E-state index contributed by atoms with van der Waals surface area (Å²) in [7, 11) is 1.71. The van der Waals surface area contributed by atoms with Gasteiger partial charge in [0.1, 0.15) is 5.82 Å². The van der Waals surface area contributed by atoms with Gasteiger partial charge in [-0.05, 0) is 74.9 Å². The highest BCUT2D eigenvalue weighted by molar-refractivity contribution is 5.89. The first-order chi connectivity index (χ1) is 18.5. The van der Waals surface area contributed by atoms with Crippen LogP contribution in [0.2, 0.25) is 0 Å². The van der Waals surface area contributed by atoms with Crippen molar-refractivity contribution in [3.63, 3.8) is 0 Å². The van der Waals surface area contributed by atoms with Crippen LogP contribution in [0.25, 0.3) is 15.9 Å². The molecule has 39 heavy (non-hydrogen) atoms. The van der Waals surface area contributed by atoms with E-state index in [0.29, 0.717) is 29.9 Å². The van der Waals surface area contributed by atoms with Crippen LogP contribution in [-0.4, -0.2) is 59.8 Å². The molecule has 1 unspecified atom stereocenters. The quantitative estimate of drug-likeness (QED) is 0.369. The second kappa shape index (κ2) is 9.85. The van der Waals surface area contributed by atoms with Gasteiger partial charge in [-0.25, -0.2) is 9.07 Å². The van der Waals surface area contributed by atoms with E-state index in [1.165, 1.54) is 12.1 Å². The Kier molecular flexibility index (Phi) is 6.68. The molecule has 0 radical (unpaired) electrons. The zero-order valence-corrected chi connectivity index (χ0v) is 23.0. The van der Waals surface area contributed by atoms with Crippen molar-refractivity contribution in [2.45, 2.75) is 58.3 Å². The Morgan fingerprint density at radius 3 is 2.46 bits per heavy atom. The molecule has 1 saturated heterocycles. The number of rotatable bonds is 4. The van der Waals surface area contributed by atoms with E-state index in [2.05, 4.69) is 49.0 Å². The molecule has 0 aliphatic carbocycles. The summed E-state index contributed by atoms with van der Waals surface area (Å²) in [5.74, 6) is 0.666. The number of aromatic nitrogens is 6. The summed E-state index contributed by atoms with van der Waals surface area (Å²) < 4.78 is 17.3. The fourth-order valence-electron chi connectivity index (χ4n) is 5.41. The Bertz CT molecular complexity index is 1610. The van der Waals surface area contributed by atoms with Crippen molar-refractivity contribution >= 4 is 22.5 Å². The molecule has 11 heteroatoms. The van der Waals surface area contributed by atoms with E-state index in [-0.39, 0.29) is 40.9 Å². The number of halogens is 1. The normalized spacial score (nSPS) is 19.3. The van der Waals surface area contributed by atoms with Gasteiger partial charge in [-0.2, -0.15) is 0 Å². The van der Waals surface area contributed by atoms with Gasteiger partial charge in [-0.1, -0.05) is 18.7 Å². The fraction of sp³-hybridized carbons (Fsp3) is 0.429. The summed E-state index contributed by atoms with van der Waals surface area (Å²) >= 11 is 0. The van der Waals surface area contributed by atoms with Gasteiger partial charge in [0, 0.05) is 38.3 Å². The molecule has 0 bridgehead atoms. The molecule has 4 aromatic rings. The summed E-state index contributed by atoms with van der Waals surface area (Å²) in [5.41, 5.74) is 2.43. The van der Waals surface area contributed by atoms with E-state index in [0.717, 1.165) is 11.3 Å². The highest BCUT2D eigenvalue weighted by atomic mass is 19.1. The fourth-order valence-corrected chi connectivity index (χ4v) is 5.41. The lowest BCUT2D eigenvalue weighted by Gasteiger charge is -2.48. The van der Waals surface area contributed by atoms with Crippen LogP contribution in [-0.2, 0) is 12.6 Å². The van der Waals surface area contributed by atoms with Crippen LogP contribution in [0.15, 0.2) is 47.3 Å². The lowest BCUT2D eigenvalue weighted by atomic mass is 9.97. The SMILES string of the molecule is [C-]#[N+]c1ccc2c(n1)c(N1C[C@@H](C)N(C(c3ccc(F)cc3)c3nnnn3C(C)(C)C)C[C@@H]1C)cc(=O)n2C. The molecule has 1 aliphatic rings. The summed E-state index contributed by atoms with van der Waals surface area (Å²) in [6.45, 7) is 19.0. The summed E-state index contributed by atoms with van der Waals surface area (Å²) in [5, 5.41) is 12.7. The number of hydrogen-bond acceptors (Lipinski definition) is 7. The van der Waals surface area contributed by atoms with Crippen molar-refractivity contribution in [1.82, 2.24) is 34.7 Å². The Hall–Kier alpha value is -4.17. The Morgan fingerprint density at radius 1 is 1.08 bits per heavy atom. The van der Waals surface area contributed by atoms with Gasteiger partial charge in [0.25, 0.3) is 11.4 Å². The third-order valence-electron chi connectivity index (χ3n) is 7.40. The van der Waals surface area contributed by atoms with Crippen LogP contribution in [0.1, 0.15) is 52.0 Å². The molecule has 3 aromatic heterocycles. The smallest absolute Gasteiger partial charge is 0.270 e. The van der Waals surface area contributed by atoms with Crippen LogP contribution in [0.3, 0.4) is 0 Å². The molecule has 0 amide bonds. The van der Waals surface area contributed by atoms with Gasteiger partial charge < -0.3 is 14.3 Å². The average Bonchev–Trinajstić information content (AvgIpc) is 3.39. The molecule has 3 atom stereocenters. The number of fused-ring (bicyclic) bond motifs is 1. The Morgan fingerprint density at radius 2 is 1.79 bits per heavy atom. The van der Waals surface area contributed by atoms with E-state index < -0.39 is 0 Å². The number of benzene rings is 1. The summed E-state index contributed by atoms with van der Waals surface area (Å²) in [6.07, 6.45) is 0. The number of aryl methyl sites for hydroxylation is 1. The molecule has 0 spiro atoms. The second-order valence-electron chi connectivity index (χ2n) is 11.2. The first kappa shape index (κ1) is 26.4. The predicted molar refractivity (Wildman–Crippen MR) is 147 cm³/mol. The van der Waals surface area contributed by atoms with E-state index >= 15 is 0 Å². The summed E-state index contributed by atoms with van der Waals surface area (Å²) in [4.78, 5) is 25.5. The van der Waals surface area contributed by atoms with Crippen molar-refractivity contribution in [3.05, 3.63) is 81.4 Å². The molecule has 4 heterocycles. The van der Waals surface area contributed by atoms with E-state index in [9.17, 15) is 9.18 Å². The van der Waals surface area contributed by atoms with E-state index in [4.69, 9.17) is 6.57 Å². The van der Waals surface area contributed by atoms with Gasteiger partial charge in [-0.15, -0.1) is 10.1 Å².